The van der Waals surface area contributed by atoms with Crippen LogP contribution < -0.4 is 39.3 Å². The summed E-state index contributed by atoms with van der Waals surface area (Å²) in [5, 5.41) is 14.5. The molecule has 0 bridgehead atoms. The molecule has 1 aliphatic rings. The van der Waals surface area contributed by atoms with Crippen LogP contribution in [0.1, 0.15) is 38.5 Å². The third-order valence-electron chi connectivity index (χ3n) is 5.16. The number of hydrogen-bond donors (Lipinski definition) is 8. The summed E-state index contributed by atoms with van der Waals surface area (Å²) in [4.78, 5) is 58.5. The van der Waals surface area contributed by atoms with Crippen LogP contribution in [0, 0.1) is 0 Å². The first-order valence-electron chi connectivity index (χ1n) is 11.0. The van der Waals surface area contributed by atoms with E-state index in [1.165, 1.54) is 4.90 Å². The number of likely N-dealkylation sites (tertiary alicyclic amines) is 1. The van der Waals surface area contributed by atoms with Crippen molar-refractivity contribution < 1.29 is 24.3 Å². The van der Waals surface area contributed by atoms with Crippen molar-refractivity contribution in [3.8, 4) is 0 Å². The third-order valence-corrected chi connectivity index (χ3v) is 5.16. The third kappa shape index (κ3) is 9.89. The zero-order valence-electron chi connectivity index (χ0n) is 19.1. The lowest BCUT2D eigenvalue weighted by atomic mass is 10.1. The summed E-state index contributed by atoms with van der Waals surface area (Å²) in [6.07, 6.45) is 2.00. The van der Waals surface area contributed by atoms with Crippen molar-refractivity contribution in [1.29, 1.82) is 0 Å². The molecule has 3 amide bonds. The van der Waals surface area contributed by atoms with Gasteiger partial charge in [0.25, 0.3) is 0 Å². The number of rotatable bonds is 14. The average Bonchev–Trinajstić information content (AvgIpc) is 3.26. The van der Waals surface area contributed by atoms with Crippen molar-refractivity contribution in [1.82, 2.24) is 15.5 Å². The van der Waals surface area contributed by atoms with Gasteiger partial charge in [0.2, 0.25) is 17.7 Å². The number of nitrogens with zero attached hydrogens (tertiary/aromatic N) is 3. The van der Waals surface area contributed by atoms with Gasteiger partial charge in [0, 0.05) is 19.6 Å². The Hall–Kier alpha value is -3.62. The molecule has 3 atom stereocenters. The minimum atomic E-state index is -1.21. The minimum absolute atomic E-state index is 0.0866. The topological polar surface area (TPSA) is 271 Å². The molecule has 15 heteroatoms. The Morgan fingerprint density at radius 2 is 1.50 bits per heavy atom. The number of nitrogens with one attached hydrogen (secondary N) is 2. The molecule has 1 fully saturated rings. The van der Waals surface area contributed by atoms with E-state index in [1.807, 2.05) is 0 Å². The van der Waals surface area contributed by atoms with E-state index >= 15 is 0 Å². The molecular weight excluding hydrogens is 448 g/mol. The number of hydrogen-bond acceptors (Lipinski definition) is 7. The molecule has 192 valence electrons. The molecule has 0 aliphatic carbocycles. The Morgan fingerprint density at radius 3 is 2.00 bits per heavy atom. The predicted molar refractivity (Wildman–Crippen MR) is 125 cm³/mol. The fourth-order valence-corrected chi connectivity index (χ4v) is 3.55. The molecule has 0 aromatic carbocycles. The SMILES string of the molecule is NCC(=O)NC(CCCN=C(N)N)C(=O)N1CCCC1C(=O)NC(CCCN=C(N)N)C(=O)O. The zero-order valence-corrected chi connectivity index (χ0v) is 19.1. The highest BCUT2D eigenvalue weighted by atomic mass is 16.4. The quantitative estimate of drug-likeness (QED) is 0.0673. The van der Waals surface area contributed by atoms with E-state index in [4.69, 9.17) is 28.7 Å². The Balaban J connectivity index is 2.84. The van der Waals surface area contributed by atoms with Crippen LogP contribution in [0.4, 0.5) is 0 Å². The number of aliphatic imine (C=N–C) groups is 2. The monoisotopic (exact) mass is 484 g/mol. The molecule has 13 N–H and O–H groups in total. The fraction of sp³-hybridized carbons (Fsp3) is 0.684. The molecule has 0 aromatic heterocycles. The van der Waals surface area contributed by atoms with Crippen LogP contribution in [0.25, 0.3) is 0 Å². The van der Waals surface area contributed by atoms with Crippen molar-refractivity contribution in [3.05, 3.63) is 0 Å². The normalized spacial score (nSPS) is 16.7. The van der Waals surface area contributed by atoms with Crippen LogP contribution in [0.15, 0.2) is 9.98 Å². The van der Waals surface area contributed by atoms with E-state index in [1.54, 1.807) is 0 Å². The minimum Gasteiger partial charge on any atom is -0.480 e. The summed E-state index contributed by atoms with van der Waals surface area (Å²) in [5.74, 6) is -2.95. The van der Waals surface area contributed by atoms with Gasteiger partial charge in [-0.05, 0) is 38.5 Å². The zero-order chi connectivity index (χ0) is 25.7. The molecule has 0 saturated carbocycles. The second-order valence-corrected chi connectivity index (χ2v) is 7.81. The molecular formula is C19H36N10O5. The fourth-order valence-electron chi connectivity index (χ4n) is 3.55. The lowest BCUT2D eigenvalue weighted by molar-refractivity contribution is -0.145. The van der Waals surface area contributed by atoms with Gasteiger partial charge in [0.15, 0.2) is 11.9 Å². The highest BCUT2D eigenvalue weighted by Crippen LogP contribution is 2.20. The summed E-state index contributed by atoms with van der Waals surface area (Å²) in [6, 6.07) is -2.94. The van der Waals surface area contributed by atoms with Gasteiger partial charge < -0.3 is 49.3 Å². The van der Waals surface area contributed by atoms with Crippen molar-refractivity contribution in [2.45, 2.75) is 56.7 Å². The molecule has 0 radical (unpaired) electrons. The summed E-state index contributed by atoms with van der Waals surface area (Å²) in [7, 11) is 0. The Kier molecular flexibility index (Phi) is 12.1. The van der Waals surface area contributed by atoms with E-state index in [9.17, 15) is 24.3 Å². The maximum atomic E-state index is 13.2. The second kappa shape index (κ2) is 14.5. The van der Waals surface area contributed by atoms with Crippen LogP contribution in [0.3, 0.4) is 0 Å². The van der Waals surface area contributed by atoms with Gasteiger partial charge in [-0.3, -0.25) is 24.4 Å². The summed E-state index contributed by atoms with van der Waals surface area (Å²) < 4.78 is 0. The first kappa shape index (κ1) is 28.4. The highest BCUT2D eigenvalue weighted by molar-refractivity contribution is 5.94. The number of guanidine groups is 2. The average molecular weight is 485 g/mol. The van der Waals surface area contributed by atoms with Crippen LogP contribution >= 0.6 is 0 Å². The number of nitrogens with two attached hydrogens (primary N) is 5. The standard InChI is InChI=1S/C19H36N10O5/c20-10-14(30)27-11(4-1-7-25-18(21)22)16(32)29-9-3-6-13(29)15(31)28-12(17(33)34)5-2-8-26-19(23)24/h11-13H,1-10,20H2,(H,27,30)(H,28,31)(H,33,34)(H4,21,22,25)(H4,23,24,26). The van der Waals surface area contributed by atoms with Crippen LogP contribution in [0.5, 0.6) is 0 Å². The summed E-state index contributed by atoms with van der Waals surface area (Å²) in [6.45, 7) is 0.469. The number of carboxylic acid groups (broad SMARTS) is 1. The van der Waals surface area contributed by atoms with Gasteiger partial charge in [0.05, 0.1) is 6.54 Å². The summed E-state index contributed by atoms with van der Waals surface area (Å²) in [5.41, 5.74) is 26.4. The molecule has 1 saturated heterocycles. The van der Waals surface area contributed by atoms with Crippen LogP contribution in [0.2, 0.25) is 0 Å². The van der Waals surface area contributed by atoms with Crippen molar-refractivity contribution in [2.75, 3.05) is 26.2 Å². The molecule has 34 heavy (non-hydrogen) atoms. The van der Waals surface area contributed by atoms with Crippen molar-refractivity contribution >= 4 is 35.6 Å². The summed E-state index contributed by atoms with van der Waals surface area (Å²) >= 11 is 0. The Labute approximate surface area is 197 Å². The first-order valence-corrected chi connectivity index (χ1v) is 11.0. The number of aliphatic carboxylic acids is 1. The first-order chi connectivity index (χ1) is 16.1. The number of carbonyl (C=O) groups excluding carboxylic acids is 3. The van der Waals surface area contributed by atoms with Gasteiger partial charge in [-0.1, -0.05) is 0 Å². The number of carbonyl (C=O) groups is 4. The predicted octanol–water partition coefficient (Wildman–Crippen LogP) is -3.90. The molecule has 3 unspecified atom stereocenters. The molecule has 1 rings (SSSR count). The van der Waals surface area contributed by atoms with Crippen molar-refractivity contribution in [3.63, 3.8) is 0 Å². The van der Waals surface area contributed by atoms with Gasteiger partial charge in [-0.25, -0.2) is 4.79 Å². The molecule has 0 aromatic rings. The highest BCUT2D eigenvalue weighted by Gasteiger charge is 2.38. The second-order valence-electron chi connectivity index (χ2n) is 7.81. The molecule has 1 heterocycles. The Bertz CT molecular complexity index is 779. The Morgan fingerprint density at radius 1 is 0.941 bits per heavy atom. The van der Waals surface area contributed by atoms with Crippen molar-refractivity contribution in [2.24, 2.45) is 38.7 Å². The number of amides is 3. The van der Waals surface area contributed by atoms with E-state index in [-0.39, 0.29) is 44.4 Å². The van der Waals surface area contributed by atoms with Crippen LogP contribution in [-0.2, 0) is 19.2 Å². The maximum Gasteiger partial charge on any atom is 0.326 e. The van der Waals surface area contributed by atoms with E-state index in [0.717, 1.165) is 0 Å². The molecule has 15 nitrogen and oxygen atoms in total. The van der Waals surface area contributed by atoms with E-state index in [0.29, 0.717) is 32.2 Å². The van der Waals surface area contributed by atoms with Gasteiger partial charge >= 0.3 is 5.97 Å². The van der Waals surface area contributed by atoms with Gasteiger partial charge in [-0.15, -0.1) is 0 Å². The van der Waals surface area contributed by atoms with E-state index < -0.39 is 41.8 Å². The molecule has 0 spiro atoms. The maximum absolute atomic E-state index is 13.2. The van der Waals surface area contributed by atoms with Gasteiger partial charge in [-0.2, -0.15) is 0 Å². The lowest BCUT2D eigenvalue weighted by Crippen LogP contribution is -2.55. The lowest BCUT2D eigenvalue weighted by Gasteiger charge is -2.29. The smallest absolute Gasteiger partial charge is 0.326 e. The van der Waals surface area contributed by atoms with Gasteiger partial charge in [0.1, 0.15) is 18.1 Å². The van der Waals surface area contributed by atoms with Crippen LogP contribution in [-0.4, -0.2) is 89.9 Å². The number of carboxylic acids is 1. The largest absolute Gasteiger partial charge is 0.480 e. The van der Waals surface area contributed by atoms with E-state index in [2.05, 4.69) is 20.6 Å². The molecule has 1 aliphatic heterocycles.